The third-order valence-electron chi connectivity index (χ3n) is 3.80. The van der Waals surface area contributed by atoms with Gasteiger partial charge >= 0.3 is 17.9 Å². The zero-order valence-electron chi connectivity index (χ0n) is 12.7. The van der Waals surface area contributed by atoms with Crippen LogP contribution in [-0.4, -0.2) is 51.3 Å². The molecule has 0 aromatic carbocycles. The van der Waals surface area contributed by atoms with Crippen LogP contribution in [0.3, 0.4) is 0 Å². The first kappa shape index (κ1) is 17.4. The van der Waals surface area contributed by atoms with Crippen molar-refractivity contribution in [3.05, 3.63) is 0 Å². The highest BCUT2D eigenvalue weighted by atomic mass is 16.5. The van der Waals surface area contributed by atoms with Gasteiger partial charge in [0.15, 0.2) is 0 Å². The Balaban J connectivity index is 2.55. The molecule has 0 spiro atoms. The molecule has 1 fully saturated rings. The number of ether oxygens (including phenoxy) is 3. The molecule has 120 valence electrons. The summed E-state index contributed by atoms with van der Waals surface area (Å²) in [6.45, 7) is 0. The quantitative estimate of drug-likeness (QED) is 0.538. The lowest BCUT2D eigenvalue weighted by Gasteiger charge is -2.16. The molecule has 1 saturated heterocycles. The van der Waals surface area contributed by atoms with E-state index in [1.807, 2.05) is 0 Å². The van der Waals surface area contributed by atoms with Crippen molar-refractivity contribution in [1.29, 1.82) is 0 Å². The van der Waals surface area contributed by atoms with Gasteiger partial charge in [0.2, 0.25) is 0 Å². The standard InChI is InChI=1S/C14H23NO6/c1-19-11(16)6-4-9-8-10(5-7-12(17)20-2)15-13(9)14(18)21-3/h9-10,13,15H,4-8H2,1-3H3/t9-,10+,13-/m0/s1. The van der Waals surface area contributed by atoms with Gasteiger partial charge in [0.25, 0.3) is 0 Å². The number of hydrogen-bond donors (Lipinski definition) is 1. The molecule has 0 aliphatic carbocycles. The van der Waals surface area contributed by atoms with E-state index in [1.165, 1.54) is 21.3 Å². The van der Waals surface area contributed by atoms with Gasteiger partial charge < -0.3 is 19.5 Å². The normalized spacial score (nSPS) is 24.4. The topological polar surface area (TPSA) is 90.9 Å². The number of methoxy groups -OCH3 is 3. The Morgan fingerprint density at radius 3 is 2.05 bits per heavy atom. The smallest absolute Gasteiger partial charge is 0.323 e. The molecule has 0 unspecified atom stereocenters. The van der Waals surface area contributed by atoms with Crippen molar-refractivity contribution in [2.45, 2.75) is 44.2 Å². The summed E-state index contributed by atoms with van der Waals surface area (Å²) >= 11 is 0. The molecular weight excluding hydrogens is 278 g/mol. The number of carbonyl (C=O) groups is 3. The average molecular weight is 301 g/mol. The second-order valence-electron chi connectivity index (χ2n) is 5.09. The van der Waals surface area contributed by atoms with Crippen molar-refractivity contribution in [2.75, 3.05) is 21.3 Å². The number of rotatable bonds is 7. The first-order valence-electron chi connectivity index (χ1n) is 6.99. The molecule has 0 bridgehead atoms. The molecule has 0 amide bonds. The molecule has 0 radical (unpaired) electrons. The summed E-state index contributed by atoms with van der Waals surface area (Å²) in [5.41, 5.74) is 0. The monoisotopic (exact) mass is 301 g/mol. The molecule has 3 atom stereocenters. The van der Waals surface area contributed by atoms with E-state index >= 15 is 0 Å². The molecule has 1 rings (SSSR count). The van der Waals surface area contributed by atoms with E-state index in [4.69, 9.17) is 4.74 Å². The van der Waals surface area contributed by atoms with Crippen molar-refractivity contribution >= 4 is 17.9 Å². The summed E-state index contributed by atoms with van der Waals surface area (Å²) < 4.78 is 14.0. The van der Waals surface area contributed by atoms with Gasteiger partial charge in [-0.3, -0.25) is 14.4 Å². The third-order valence-corrected chi connectivity index (χ3v) is 3.80. The molecule has 7 heteroatoms. The minimum Gasteiger partial charge on any atom is -0.469 e. The fraction of sp³-hybridized carbons (Fsp3) is 0.786. The first-order chi connectivity index (χ1) is 10.0. The van der Waals surface area contributed by atoms with Crippen LogP contribution >= 0.6 is 0 Å². The zero-order chi connectivity index (χ0) is 15.8. The second kappa shape index (κ2) is 8.61. The second-order valence-corrected chi connectivity index (χ2v) is 5.09. The highest BCUT2D eigenvalue weighted by Gasteiger charge is 2.38. The van der Waals surface area contributed by atoms with Gasteiger partial charge in [0.1, 0.15) is 6.04 Å². The molecule has 0 aromatic rings. The number of carbonyl (C=O) groups excluding carboxylic acids is 3. The Kier molecular flexibility index (Phi) is 7.14. The Bertz CT molecular complexity index is 384. The lowest BCUT2D eigenvalue weighted by molar-refractivity contribution is -0.145. The predicted molar refractivity (Wildman–Crippen MR) is 73.3 cm³/mol. The van der Waals surface area contributed by atoms with Gasteiger partial charge in [-0.1, -0.05) is 0 Å². The van der Waals surface area contributed by atoms with E-state index < -0.39 is 6.04 Å². The summed E-state index contributed by atoms with van der Waals surface area (Å²) in [5, 5.41) is 3.18. The van der Waals surface area contributed by atoms with Gasteiger partial charge in [-0.15, -0.1) is 0 Å². The fourth-order valence-corrected chi connectivity index (χ4v) is 2.63. The van der Waals surface area contributed by atoms with E-state index in [1.54, 1.807) is 0 Å². The number of hydrogen-bond acceptors (Lipinski definition) is 7. The highest BCUT2D eigenvalue weighted by Crippen LogP contribution is 2.28. The fourth-order valence-electron chi connectivity index (χ4n) is 2.63. The molecule has 1 aliphatic heterocycles. The maximum Gasteiger partial charge on any atom is 0.323 e. The SMILES string of the molecule is COC(=O)CC[C@@H]1C[C@H](CCC(=O)OC)[C@@H](C(=O)OC)N1. The minimum atomic E-state index is -0.442. The molecule has 1 N–H and O–H groups in total. The van der Waals surface area contributed by atoms with Gasteiger partial charge in [0, 0.05) is 18.9 Å². The van der Waals surface area contributed by atoms with Crippen molar-refractivity contribution in [3.8, 4) is 0 Å². The van der Waals surface area contributed by atoms with E-state index in [-0.39, 0.29) is 36.3 Å². The van der Waals surface area contributed by atoms with Crippen LogP contribution < -0.4 is 5.32 Å². The van der Waals surface area contributed by atoms with Crippen molar-refractivity contribution in [1.82, 2.24) is 5.32 Å². The van der Waals surface area contributed by atoms with Crippen molar-refractivity contribution in [2.24, 2.45) is 5.92 Å². The van der Waals surface area contributed by atoms with Gasteiger partial charge in [-0.25, -0.2) is 0 Å². The van der Waals surface area contributed by atoms with Crippen LogP contribution in [0.1, 0.15) is 32.1 Å². The van der Waals surface area contributed by atoms with Crippen LogP contribution in [0.2, 0.25) is 0 Å². The summed E-state index contributed by atoms with van der Waals surface area (Å²) in [7, 11) is 4.02. The summed E-state index contributed by atoms with van der Waals surface area (Å²) in [5.74, 6) is -0.911. The van der Waals surface area contributed by atoms with E-state index in [9.17, 15) is 14.4 Å². The molecule has 1 aliphatic rings. The number of nitrogens with one attached hydrogen (secondary N) is 1. The van der Waals surface area contributed by atoms with E-state index in [0.29, 0.717) is 25.7 Å². The average Bonchev–Trinajstić information content (AvgIpc) is 2.92. The van der Waals surface area contributed by atoms with Crippen LogP contribution in [0.5, 0.6) is 0 Å². The molecule has 7 nitrogen and oxygen atoms in total. The van der Waals surface area contributed by atoms with Gasteiger partial charge in [0.05, 0.1) is 21.3 Å². The molecule has 1 heterocycles. The Labute approximate surface area is 124 Å². The Morgan fingerprint density at radius 2 is 1.52 bits per heavy atom. The Hall–Kier alpha value is -1.63. The maximum atomic E-state index is 11.8. The van der Waals surface area contributed by atoms with Crippen LogP contribution in [0.4, 0.5) is 0 Å². The zero-order valence-corrected chi connectivity index (χ0v) is 12.7. The Morgan fingerprint density at radius 1 is 0.952 bits per heavy atom. The van der Waals surface area contributed by atoms with Gasteiger partial charge in [-0.05, 0) is 25.2 Å². The maximum absolute atomic E-state index is 11.8. The number of esters is 3. The predicted octanol–water partition coefficient (Wildman–Crippen LogP) is 0.413. The largest absolute Gasteiger partial charge is 0.469 e. The van der Waals surface area contributed by atoms with Crippen LogP contribution in [0, 0.1) is 5.92 Å². The van der Waals surface area contributed by atoms with E-state index in [2.05, 4.69) is 14.8 Å². The summed E-state index contributed by atoms with van der Waals surface area (Å²) in [6, 6.07) is -0.404. The molecule has 0 saturated carbocycles. The van der Waals surface area contributed by atoms with Crippen molar-refractivity contribution in [3.63, 3.8) is 0 Å². The van der Waals surface area contributed by atoms with Crippen LogP contribution in [0.25, 0.3) is 0 Å². The minimum absolute atomic E-state index is 0.000744. The lowest BCUT2D eigenvalue weighted by atomic mass is 9.93. The molecule has 21 heavy (non-hydrogen) atoms. The van der Waals surface area contributed by atoms with Crippen molar-refractivity contribution < 1.29 is 28.6 Å². The molecular formula is C14H23NO6. The van der Waals surface area contributed by atoms with Crippen LogP contribution in [-0.2, 0) is 28.6 Å². The van der Waals surface area contributed by atoms with Gasteiger partial charge in [-0.2, -0.15) is 0 Å². The lowest BCUT2D eigenvalue weighted by Crippen LogP contribution is -2.39. The van der Waals surface area contributed by atoms with Crippen LogP contribution in [0.15, 0.2) is 0 Å². The summed E-state index contributed by atoms with van der Waals surface area (Å²) in [6.07, 6.45) is 2.42. The third kappa shape index (κ3) is 5.34. The first-order valence-corrected chi connectivity index (χ1v) is 6.99. The summed E-state index contributed by atoms with van der Waals surface area (Å²) in [4.78, 5) is 34.2. The van der Waals surface area contributed by atoms with E-state index in [0.717, 1.165) is 0 Å². The molecule has 0 aromatic heterocycles. The highest BCUT2D eigenvalue weighted by molar-refractivity contribution is 5.77.